The Labute approximate surface area is 73.9 Å². The van der Waals surface area contributed by atoms with Gasteiger partial charge in [-0.05, 0) is 6.92 Å². The summed E-state index contributed by atoms with van der Waals surface area (Å²) in [6.45, 7) is 3.41. The predicted molar refractivity (Wildman–Crippen MR) is 49.6 cm³/mol. The minimum atomic E-state index is 0.0732. The Morgan fingerprint density at radius 1 is 1.42 bits per heavy atom. The average Bonchev–Trinajstić information content (AvgIpc) is 2.10. The first-order chi connectivity index (χ1) is 5.81. The smallest absolute Gasteiger partial charge is 0.221 e. The molecule has 0 aliphatic heterocycles. The molecule has 0 atom stereocenters. The van der Waals surface area contributed by atoms with Gasteiger partial charge in [-0.1, -0.05) is 0 Å². The van der Waals surface area contributed by atoms with Gasteiger partial charge < -0.3 is 10.6 Å². The van der Waals surface area contributed by atoms with Crippen LogP contribution in [0.15, 0.2) is 0 Å². The van der Waals surface area contributed by atoms with Gasteiger partial charge in [-0.15, -0.1) is 11.8 Å². The SMILES string of the molecule is CC#CCCNCCC(=O)NC. The molecule has 0 aromatic heterocycles. The summed E-state index contributed by atoms with van der Waals surface area (Å²) in [4.78, 5) is 10.7. The lowest BCUT2D eigenvalue weighted by Crippen LogP contribution is -2.25. The largest absolute Gasteiger partial charge is 0.359 e. The monoisotopic (exact) mass is 168 g/mol. The highest BCUT2D eigenvalue weighted by Gasteiger charge is 1.94. The fourth-order valence-electron chi connectivity index (χ4n) is 0.728. The molecule has 1 amide bonds. The van der Waals surface area contributed by atoms with Crippen molar-refractivity contribution in [3.63, 3.8) is 0 Å². The first-order valence-electron chi connectivity index (χ1n) is 4.12. The second-order valence-electron chi connectivity index (χ2n) is 2.35. The molecular weight excluding hydrogens is 152 g/mol. The van der Waals surface area contributed by atoms with E-state index >= 15 is 0 Å². The number of hydrogen-bond acceptors (Lipinski definition) is 2. The van der Waals surface area contributed by atoms with Crippen LogP contribution in [0.1, 0.15) is 19.8 Å². The maximum absolute atomic E-state index is 10.7. The quantitative estimate of drug-likeness (QED) is 0.452. The summed E-state index contributed by atoms with van der Waals surface area (Å²) in [5.41, 5.74) is 0. The van der Waals surface area contributed by atoms with Crippen molar-refractivity contribution in [2.45, 2.75) is 19.8 Å². The van der Waals surface area contributed by atoms with E-state index in [0.29, 0.717) is 6.42 Å². The molecule has 0 aromatic carbocycles. The zero-order valence-electron chi connectivity index (χ0n) is 7.74. The highest BCUT2D eigenvalue weighted by Crippen LogP contribution is 1.76. The Kier molecular flexibility index (Phi) is 7.41. The van der Waals surface area contributed by atoms with Crippen molar-refractivity contribution in [1.29, 1.82) is 0 Å². The van der Waals surface area contributed by atoms with Crippen LogP contribution in [0.2, 0.25) is 0 Å². The summed E-state index contributed by atoms with van der Waals surface area (Å²) >= 11 is 0. The van der Waals surface area contributed by atoms with Crippen molar-refractivity contribution >= 4 is 5.91 Å². The fourth-order valence-corrected chi connectivity index (χ4v) is 0.728. The third-order valence-electron chi connectivity index (χ3n) is 1.41. The van der Waals surface area contributed by atoms with Crippen molar-refractivity contribution < 1.29 is 4.79 Å². The van der Waals surface area contributed by atoms with Crippen LogP contribution in [0.5, 0.6) is 0 Å². The van der Waals surface area contributed by atoms with Crippen LogP contribution in [-0.4, -0.2) is 26.0 Å². The van der Waals surface area contributed by atoms with E-state index in [0.717, 1.165) is 19.5 Å². The van der Waals surface area contributed by atoms with Gasteiger partial charge >= 0.3 is 0 Å². The molecule has 0 rings (SSSR count). The molecule has 0 radical (unpaired) electrons. The van der Waals surface area contributed by atoms with Gasteiger partial charge in [0.2, 0.25) is 5.91 Å². The lowest BCUT2D eigenvalue weighted by atomic mass is 10.3. The van der Waals surface area contributed by atoms with E-state index in [2.05, 4.69) is 22.5 Å². The molecule has 0 aliphatic rings. The second-order valence-corrected chi connectivity index (χ2v) is 2.35. The predicted octanol–water partition coefficient (Wildman–Crippen LogP) is 0.126. The normalized spacial score (nSPS) is 8.50. The van der Waals surface area contributed by atoms with Gasteiger partial charge in [0.15, 0.2) is 0 Å². The number of hydrogen-bond donors (Lipinski definition) is 2. The standard InChI is InChI=1S/C9H16N2O/c1-3-4-5-7-11-8-6-9(12)10-2/h11H,5-8H2,1-2H3,(H,10,12). The molecule has 2 N–H and O–H groups in total. The van der Waals surface area contributed by atoms with E-state index in [-0.39, 0.29) is 5.91 Å². The van der Waals surface area contributed by atoms with Crippen molar-refractivity contribution in [3.8, 4) is 11.8 Å². The van der Waals surface area contributed by atoms with Crippen LogP contribution < -0.4 is 10.6 Å². The first-order valence-corrected chi connectivity index (χ1v) is 4.12. The molecule has 0 spiro atoms. The van der Waals surface area contributed by atoms with Crippen LogP contribution in [0, 0.1) is 11.8 Å². The number of amides is 1. The molecule has 0 fully saturated rings. The van der Waals surface area contributed by atoms with E-state index in [1.807, 2.05) is 6.92 Å². The molecule has 3 nitrogen and oxygen atoms in total. The van der Waals surface area contributed by atoms with Crippen molar-refractivity contribution in [2.24, 2.45) is 0 Å². The molecule has 0 aromatic rings. The zero-order chi connectivity index (χ0) is 9.23. The Balaban J connectivity index is 3.09. The summed E-state index contributed by atoms with van der Waals surface area (Å²) in [7, 11) is 1.64. The molecule has 3 heteroatoms. The molecule has 68 valence electrons. The fraction of sp³-hybridized carbons (Fsp3) is 0.667. The van der Waals surface area contributed by atoms with Crippen molar-refractivity contribution in [2.75, 3.05) is 20.1 Å². The van der Waals surface area contributed by atoms with Gasteiger partial charge in [-0.25, -0.2) is 0 Å². The van der Waals surface area contributed by atoms with Crippen LogP contribution in [0.4, 0.5) is 0 Å². The lowest BCUT2D eigenvalue weighted by Gasteiger charge is -2.00. The summed E-state index contributed by atoms with van der Waals surface area (Å²) in [6.07, 6.45) is 1.39. The molecule has 0 saturated heterocycles. The van der Waals surface area contributed by atoms with E-state index in [1.54, 1.807) is 7.05 Å². The van der Waals surface area contributed by atoms with E-state index < -0.39 is 0 Å². The lowest BCUT2D eigenvalue weighted by molar-refractivity contribution is -0.120. The Morgan fingerprint density at radius 3 is 2.75 bits per heavy atom. The summed E-state index contributed by atoms with van der Waals surface area (Å²) < 4.78 is 0. The summed E-state index contributed by atoms with van der Waals surface area (Å²) in [6, 6.07) is 0. The summed E-state index contributed by atoms with van der Waals surface area (Å²) in [5, 5.41) is 5.68. The second kappa shape index (κ2) is 8.09. The Morgan fingerprint density at radius 2 is 2.17 bits per heavy atom. The van der Waals surface area contributed by atoms with E-state index in [4.69, 9.17) is 0 Å². The maximum Gasteiger partial charge on any atom is 0.221 e. The van der Waals surface area contributed by atoms with Gasteiger partial charge in [0.05, 0.1) is 0 Å². The molecule has 0 aliphatic carbocycles. The van der Waals surface area contributed by atoms with Crippen molar-refractivity contribution in [3.05, 3.63) is 0 Å². The first kappa shape index (κ1) is 11.0. The van der Waals surface area contributed by atoms with Crippen LogP contribution in [-0.2, 0) is 4.79 Å². The third-order valence-corrected chi connectivity index (χ3v) is 1.41. The van der Waals surface area contributed by atoms with Gasteiger partial charge in [0.1, 0.15) is 0 Å². The number of carbonyl (C=O) groups excluding carboxylic acids is 1. The highest BCUT2D eigenvalue weighted by molar-refractivity contribution is 5.75. The Bertz CT molecular complexity index is 179. The van der Waals surface area contributed by atoms with Gasteiger partial charge in [0.25, 0.3) is 0 Å². The third kappa shape index (κ3) is 7.10. The van der Waals surface area contributed by atoms with Crippen LogP contribution in [0.3, 0.4) is 0 Å². The topological polar surface area (TPSA) is 41.1 Å². The van der Waals surface area contributed by atoms with Gasteiger partial charge in [-0.2, -0.15) is 0 Å². The number of carbonyl (C=O) groups is 1. The molecule has 12 heavy (non-hydrogen) atoms. The van der Waals surface area contributed by atoms with Crippen molar-refractivity contribution in [1.82, 2.24) is 10.6 Å². The average molecular weight is 168 g/mol. The number of nitrogens with one attached hydrogen (secondary N) is 2. The number of rotatable bonds is 5. The van der Waals surface area contributed by atoms with Crippen LogP contribution in [0.25, 0.3) is 0 Å². The minimum absolute atomic E-state index is 0.0732. The molecule has 0 saturated carbocycles. The maximum atomic E-state index is 10.7. The van der Waals surface area contributed by atoms with E-state index in [9.17, 15) is 4.79 Å². The van der Waals surface area contributed by atoms with Gasteiger partial charge in [-0.3, -0.25) is 4.79 Å². The van der Waals surface area contributed by atoms with Crippen LogP contribution >= 0.6 is 0 Å². The summed E-state index contributed by atoms with van der Waals surface area (Å²) in [5.74, 6) is 5.82. The minimum Gasteiger partial charge on any atom is -0.359 e. The molecule has 0 bridgehead atoms. The molecule has 0 unspecified atom stereocenters. The van der Waals surface area contributed by atoms with Gasteiger partial charge in [0, 0.05) is 33.0 Å². The molecule has 0 heterocycles. The zero-order valence-corrected chi connectivity index (χ0v) is 7.74. The Hall–Kier alpha value is -1.01. The van der Waals surface area contributed by atoms with E-state index in [1.165, 1.54) is 0 Å². The molecular formula is C9H16N2O. The highest BCUT2D eigenvalue weighted by atomic mass is 16.1.